The molecular weight excluding hydrogens is 873 g/mol. The van der Waals surface area contributed by atoms with E-state index in [1.165, 1.54) is 35.9 Å². The third-order valence-electron chi connectivity index (χ3n) is 12.8. The molecule has 0 aliphatic carbocycles. The number of piperazine rings is 1. The molecular formula is C43H48ClF3N12O6. The molecule has 8 rings (SSSR count). The number of hydrogen-bond acceptors (Lipinski definition) is 10. The minimum absolute atomic E-state index is 0.00965. The highest BCUT2D eigenvalue weighted by molar-refractivity contribution is 6.34. The first-order valence-corrected chi connectivity index (χ1v) is 21.7. The lowest BCUT2D eigenvalue weighted by molar-refractivity contribution is -0.931. The number of nitrogens with two attached hydrogens (primary N) is 1. The van der Waals surface area contributed by atoms with Crippen LogP contribution < -0.4 is 21.5 Å². The lowest BCUT2D eigenvalue weighted by atomic mass is 9.90. The molecule has 4 aromatic heterocycles. The molecule has 0 saturated carbocycles. The monoisotopic (exact) mass is 920 g/mol. The minimum Gasteiger partial charge on any atom is -0.544 e. The van der Waals surface area contributed by atoms with Crippen LogP contribution in [0.5, 0.6) is 0 Å². The number of carbonyl (C=O) groups is 5. The number of nitrogens with zero attached hydrogens (tertiary/aromatic N) is 9. The average molecular weight is 921 g/mol. The Morgan fingerprint density at radius 1 is 1.03 bits per heavy atom. The van der Waals surface area contributed by atoms with Gasteiger partial charge in [-0.3, -0.25) is 19.2 Å². The molecule has 65 heavy (non-hydrogen) atoms. The molecule has 3 fully saturated rings. The van der Waals surface area contributed by atoms with Crippen LogP contribution in [0.2, 0.25) is 5.02 Å². The van der Waals surface area contributed by atoms with E-state index in [-0.39, 0.29) is 76.5 Å². The fraction of sp³-hybridized carbons (Fsp3) is 0.442. The first-order chi connectivity index (χ1) is 30.9. The van der Waals surface area contributed by atoms with Gasteiger partial charge in [-0.1, -0.05) is 18.5 Å². The van der Waals surface area contributed by atoms with Gasteiger partial charge in [0.05, 0.1) is 70.6 Å². The zero-order chi connectivity index (χ0) is 46.4. The highest BCUT2D eigenvalue weighted by atomic mass is 35.5. The van der Waals surface area contributed by atoms with Crippen molar-refractivity contribution in [3.63, 3.8) is 0 Å². The number of rotatable bonds is 13. The number of pyridine rings is 1. The summed E-state index contributed by atoms with van der Waals surface area (Å²) in [5.74, 6) is -3.03. The quantitative estimate of drug-likeness (QED) is 0.146. The van der Waals surface area contributed by atoms with Gasteiger partial charge < -0.3 is 49.7 Å². The second kappa shape index (κ2) is 17.9. The predicted molar refractivity (Wildman–Crippen MR) is 228 cm³/mol. The number of halogens is 4. The highest BCUT2D eigenvalue weighted by Crippen LogP contribution is 2.37. The maximum Gasteiger partial charge on any atom is 0.435 e. The molecule has 3 aliphatic heterocycles. The Hall–Kier alpha value is -6.32. The molecule has 4 amide bonds. The molecule has 3 aliphatic rings. The summed E-state index contributed by atoms with van der Waals surface area (Å²) in [6, 6.07) is 9.17. The molecule has 0 radical (unpaired) electrons. The minimum atomic E-state index is -4.88. The number of carbonyl (C=O) groups excluding carboxylic acids is 5. The predicted octanol–water partition coefficient (Wildman–Crippen LogP) is 2.15. The van der Waals surface area contributed by atoms with Gasteiger partial charge in [0, 0.05) is 95.6 Å². The number of piperidine rings is 1. The number of alkyl halides is 3. The normalized spacial score (nSPS) is 19.8. The van der Waals surface area contributed by atoms with E-state index in [1.54, 1.807) is 39.6 Å². The van der Waals surface area contributed by atoms with Gasteiger partial charge in [0.25, 0.3) is 11.8 Å². The summed E-state index contributed by atoms with van der Waals surface area (Å²) in [6.07, 6.45) is 0.298. The van der Waals surface area contributed by atoms with Crippen molar-refractivity contribution in [3.8, 4) is 17.1 Å². The van der Waals surface area contributed by atoms with E-state index in [0.29, 0.717) is 67.0 Å². The van der Waals surface area contributed by atoms with Crippen LogP contribution in [0, 0.1) is 17.8 Å². The van der Waals surface area contributed by atoms with E-state index in [9.17, 15) is 42.3 Å². The van der Waals surface area contributed by atoms with Crippen LogP contribution in [0.1, 0.15) is 46.4 Å². The van der Waals surface area contributed by atoms with E-state index < -0.39 is 35.6 Å². The third-order valence-corrected chi connectivity index (χ3v) is 13.1. The summed E-state index contributed by atoms with van der Waals surface area (Å²) in [4.78, 5) is 75.8. The lowest BCUT2D eigenvalue weighted by Crippen LogP contribution is -2.63. The topological polar surface area (TPSA) is 218 Å². The molecule has 1 aromatic carbocycles. The Morgan fingerprint density at radius 2 is 1.74 bits per heavy atom. The van der Waals surface area contributed by atoms with Gasteiger partial charge >= 0.3 is 6.18 Å². The van der Waals surface area contributed by atoms with Crippen LogP contribution in [0.4, 0.5) is 18.9 Å². The van der Waals surface area contributed by atoms with Crippen molar-refractivity contribution in [1.82, 2.24) is 44.0 Å². The van der Waals surface area contributed by atoms with Gasteiger partial charge in [-0.25, -0.2) is 14.6 Å². The van der Waals surface area contributed by atoms with Crippen molar-refractivity contribution in [2.45, 2.75) is 32.5 Å². The van der Waals surface area contributed by atoms with Gasteiger partial charge in [0.1, 0.15) is 6.54 Å². The zero-order valence-electron chi connectivity index (χ0n) is 35.7. The number of benzene rings is 1. The Balaban J connectivity index is 0.891. The SMILES string of the molecule is CC(Cn1ccc2nc(-n3cc(-c4cnc(C(=O)Nc5ccc(C(=O)N6CCN(C(=O)C7CC[N+](CC(=O)[O-])(CC8CNC8)CC7)CC6)c(Cl)c5)n4C)c(C(F)(F)F)n3)ccc21)C(N)=O. The highest BCUT2D eigenvalue weighted by Gasteiger charge is 2.42. The van der Waals surface area contributed by atoms with E-state index in [4.69, 9.17) is 17.3 Å². The van der Waals surface area contributed by atoms with Gasteiger partial charge in [-0.2, -0.15) is 18.3 Å². The number of likely N-dealkylation sites (tertiary alicyclic amines) is 1. The number of amides is 4. The van der Waals surface area contributed by atoms with Crippen LogP contribution in [-0.2, 0) is 34.2 Å². The average Bonchev–Trinajstić information content (AvgIpc) is 3.98. The summed E-state index contributed by atoms with van der Waals surface area (Å²) < 4.78 is 47.7. The van der Waals surface area contributed by atoms with Crippen molar-refractivity contribution < 1.29 is 46.7 Å². The maximum atomic E-state index is 14.4. The number of quaternary nitrogens is 1. The van der Waals surface area contributed by atoms with Gasteiger partial charge in [-0.15, -0.1) is 0 Å². The molecule has 1 atom stereocenters. The van der Waals surface area contributed by atoms with Crippen LogP contribution in [0.3, 0.4) is 0 Å². The van der Waals surface area contributed by atoms with E-state index in [0.717, 1.165) is 36.7 Å². The summed E-state index contributed by atoms with van der Waals surface area (Å²) in [5, 5.41) is 21.4. The molecule has 22 heteroatoms. The molecule has 7 heterocycles. The number of imidazole rings is 1. The number of fused-ring (bicyclic) bond motifs is 1. The Kier molecular flexibility index (Phi) is 12.5. The van der Waals surface area contributed by atoms with Crippen molar-refractivity contribution in [1.29, 1.82) is 0 Å². The summed E-state index contributed by atoms with van der Waals surface area (Å²) in [6.45, 7) is 6.83. The van der Waals surface area contributed by atoms with Crippen molar-refractivity contribution in [2.75, 3.05) is 70.8 Å². The number of carboxylic acids is 1. The molecule has 0 bridgehead atoms. The molecule has 1 unspecified atom stereocenters. The first kappa shape index (κ1) is 45.3. The van der Waals surface area contributed by atoms with Crippen LogP contribution in [0.25, 0.3) is 28.1 Å². The van der Waals surface area contributed by atoms with Crippen LogP contribution in [-0.4, -0.2) is 138 Å². The molecule has 0 spiro atoms. The largest absolute Gasteiger partial charge is 0.544 e. The molecule has 5 aromatic rings. The smallest absolute Gasteiger partial charge is 0.435 e. The number of nitrogens with one attached hydrogen (secondary N) is 2. The molecule has 3 saturated heterocycles. The molecule has 4 N–H and O–H groups in total. The fourth-order valence-electron chi connectivity index (χ4n) is 9.07. The Labute approximate surface area is 375 Å². The standard InChI is InChI=1S/C43H48ClF3N12O6/c1-25(38(48)62)21-57-10-7-32-33(57)5-6-35(52-32)58-22-30(37(53-58)43(45,46)47)34-20-50-39(54(34)2)40(63)51-28-3-4-29(31(44)17-28)42(65)56-13-11-55(12-14-56)41(64)27-8-15-59(16-9-27,24-36(60)61)23-26-18-49-19-26/h3-7,10,17,20,22,25-27,49H,8-9,11-16,18-19,21,23-24H2,1-2H3,(H3-,48,51,60,61,62,63,65). The van der Waals surface area contributed by atoms with Crippen molar-refractivity contribution in [3.05, 3.63) is 77.1 Å². The fourth-order valence-corrected chi connectivity index (χ4v) is 9.33. The molecule has 18 nitrogen and oxygen atoms in total. The van der Waals surface area contributed by atoms with Crippen LogP contribution >= 0.6 is 11.6 Å². The molecule has 344 valence electrons. The van der Waals surface area contributed by atoms with Crippen molar-refractivity contribution in [2.24, 2.45) is 30.5 Å². The van der Waals surface area contributed by atoms with Gasteiger partial charge in [0.15, 0.2) is 17.3 Å². The first-order valence-electron chi connectivity index (χ1n) is 21.3. The van der Waals surface area contributed by atoms with Crippen LogP contribution in [0.15, 0.2) is 55.0 Å². The summed E-state index contributed by atoms with van der Waals surface area (Å²) in [7, 11) is 1.39. The van der Waals surface area contributed by atoms with Crippen molar-refractivity contribution >= 4 is 57.9 Å². The van der Waals surface area contributed by atoms with E-state index in [1.807, 2.05) is 0 Å². The number of aromatic nitrogens is 6. The Bertz CT molecular complexity index is 2660. The number of primary amides is 1. The maximum absolute atomic E-state index is 14.4. The number of hydrogen-bond donors (Lipinski definition) is 3. The second-order valence-corrected chi connectivity index (χ2v) is 17.7. The lowest BCUT2D eigenvalue weighted by Gasteiger charge is -2.47. The number of carboxylic acid groups (broad SMARTS) is 1. The summed E-state index contributed by atoms with van der Waals surface area (Å²) in [5.41, 5.74) is 5.29. The second-order valence-electron chi connectivity index (χ2n) is 17.3. The zero-order valence-corrected chi connectivity index (χ0v) is 36.4. The van der Waals surface area contributed by atoms with Gasteiger partial charge in [-0.05, 0) is 36.4 Å². The van der Waals surface area contributed by atoms with Gasteiger partial charge in [0.2, 0.25) is 11.8 Å². The van der Waals surface area contributed by atoms with E-state index in [2.05, 4.69) is 25.7 Å². The Morgan fingerprint density at radius 3 is 2.37 bits per heavy atom. The third kappa shape index (κ3) is 9.43. The number of anilines is 1. The van der Waals surface area contributed by atoms with E-state index >= 15 is 0 Å². The summed E-state index contributed by atoms with van der Waals surface area (Å²) >= 11 is 6.58. The number of aliphatic carboxylic acids is 1.